The molecule has 0 unspecified atom stereocenters. The number of benzene rings is 1. The minimum absolute atomic E-state index is 0.0647. The number of carbonyl (C=O) groups is 3. The average molecular weight is 455 g/mol. The molecule has 0 aliphatic carbocycles. The van der Waals surface area contributed by atoms with Gasteiger partial charge in [0.05, 0.1) is 10.9 Å². The van der Waals surface area contributed by atoms with Gasteiger partial charge in [0.2, 0.25) is 5.91 Å². The summed E-state index contributed by atoms with van der Waals surface area (Å²) < 4.78 is 6.10. The van der Waals surface area contributed by atoms with Crippen LogP contribution in [0, 0.1) is 0 Å². The summed E-state index contributed by atoms with van der Waals surface area (Å²) in [7, 11) is 0. The third kappa shape index (κ3) is 6.85. The number of amides is 2. The molecule has 1 heterocycles. The highest BCUT2D eigenvalue weighted by molar-refractivity contribution is 6.31. The van der Waals surface area contributed by atoms with Crippen molar-refractivity contribution in [2.45, 2.75) is 32.9 Å². The Balaban J connectivity index is 2.19. The first-order valence-electron chi connectivity index (χ1n) is 9.26. The zero-order valence-corrected chi connectivity index (χ0v) is 18.0. The van der Waals surface area contributed by atoms with Gasteiger partial charge in [-0.1, -0.05) is 11.6 Å². The molecule has 168 valence electrons. The lowest BCUT2D eigenvalue weighted by atomic mass is 10.2. The van der Waals surface area contributed by atoms with Gasteiger partial charge in [0.1, 0.15) is 18.7 Å². The number of carbonyl (C=O) groups excluding carboxylic acids is 2. The van der Waals surface area contributed by atoms with Gasteiger partial charge in [-0.2, -0.15) is 0 Å². The number of alkyl carbamates (subject to hydrolysis) is 1. The van der Waals surface area contributed by atoms with Crippen molar-refractivity contribution >= 4 is 40.5 Å². The summed E-state index contributed by atoms with van der Waals surface area (Å²) in [6, 6.07) is 4.24. The number of aromatic nitrogens is 2. The van der Waals surface area contributed by atoms with Gasteiger partial charge in [0, 0.05) is 18.1 Å². The van der Waals surface area contributed by atoms with Gasteiger partial charge in [-0.05, 0) is 39.0 Å². The highest BCUT2D eigenvalue weighted by Crippen LogP contribution is 2.15. The van der Waals surface area contributed by atoms with E-state index in [1.165, 1.54) is 18.2 Å². The molecule has 0 saturated carbocycles. The first-order valence-corrected chi connectivity index (χ1v) is 9.64. The highest BCUT2D eigenvalue weighted by Gasteiger charge is 2.21. The summed E-state index contributed by atoms with van der Waals surface area (Å²) in [6.45, 7) is 3.70. The molecule has 3 N–H and O–H groups in total. The number of nitrogens with zero attached hydrogens (tertiary/aromatic N) is 2. The number of aromatic amines is 1. The van der Waals surface area contributed by atoms with Gasteiger partial charge in [-0.15, -0.1) is 0 Å². The van der Waals surface area contributed by atoms with Gasteiger partial charge in [0.15, 0.2) is 0 Å². The first kappa shape index (κ1) is 23.9. The fourth-order valence-corrected chi connectivity index (χ4v) is 2.89. The van der Waals surface area contributed by atoms with E-state index in [2.05, 4.69) is 10.3 Å². The normalized spacial score (nSPS) is 11.2. The van der Waals surface area contributed by atoms with Crippen LogP contribution in [-0.4, -0.2) is 62.8 Å². The van der Waals surface area contributed by atoms with Gasteiger partial charge in [-0.25, -0.2) is 9.59 Å². The van der Waals surface area contributed by atoms with Crippen molar-refractivity contribution in [2.24, 2.45) is 0 Å². The molecule has 0 spiro atoms. The molecule has 2 aromatic rings. The maximum Gasteiger partial charge on any atom is 0.407 e. The predicted octanol–water partition coefficient (Wildman–Crippen LogP) is 0.781. The average Bonchev–Trinajstić information content (AvgIpc) is 2.62. The minimum atomic E-state index is -1.27. The Labute approximate surface area is 181 Å². The molecular formula is C19H23ClN4O7. The molecule has 0 atom stereocenters. The summed E-state index contributed by atoms with van der Waals surface area (Å²) in [5.41, 5.74) is -2.02. The lowest BCUT2D eigenvalue weighted by Crippen LogP contribution is -2.45. The highest BCUT2D eigenvalue weighted by atomic mass is 35.5. The first-order chi connectivity index (χ1) is 14.4. The summed E-state index contributed by atoms with van der Waals surface area (Å²) >= 11 is 5.89. The van der Waals surface area contributed by atoms with Crippen LogP contribution in [0.3, 0.4) is 0 Å². The number of carboxylic acid groups (broad SMARTS) is 1. The van der Waals surface area contributed by atoms with Crippen molar-refractivity contribution in [3.8, 4) is 0 Å². The van der Waals surface area contributed by atoms with E-state index < -0.39 is 47.9 Å². The van der Waals surface area contributed by atoms with Gasteiger partial charge in [-0.3, -0.25) is 23.9 Å². The summed E-state index contributed by atoms with van der Waals surface area (Å²) in [5.74, 6) is -1.96. The van der Waals surface area contributed by atoms with E-state index in [9.17, 15) is 24.0 Å². The molecule has 0 fully saturated rings. The fourth-order valence-electron chi connectivity index (χ4n) is 2.72. The second-order valence-electron chi connectivity index (χ2n) is 7.64. The Bertz CT molecular complexity index is 1120. The van der Waals surface area contributed by atoms with E-state index in [4.69, 9.17) is 21.4 Å². The number of aliphatic carboxylic acids is 1. The van der Waals surface area contributed by atoms with E-state index in [0.29, 0.717) is 0 Å². The molecule has 0 saturated heterocycles. The zero-order valence-electron chi connectivity index (χ0n) is 17.2. The van der Waals surface area contributed by atoms with Crippen LogP contribution in [0.2, 0.25) is 5.02 Å². The van der Waals surface area contributed by atoms with Crippen molar-refractivity contribution in [1.29, 1.82) is 0 Å². The van der Waals surface area contributed by atoms with Gasteiger partial charge in [0.25, 0.3) is 5.56 Å². The van der Waals surface area contributed by atoms with Gasteiger partial charge >= 0.3 is 17.8 Å². The molecule has 2 rings (SSSR count). The van der Waals surface area contributed by atoms with Crippen molar-refractivity contribution in [2.75, 3.05) is 19.6 Å². The number of hydrogen-bond donors (Lipinski definition) is 3. The topological polar surface area (TPSA) is 151 Å². The van der Waals surface area contributed by atoms with Crippen LogP contribution in [0.15, 0.2) is 27.8 Å². The van der Waals surface area contributed by atoms with Crippen LogP contribution in [0.1, 0.15) is 20.8 Å². The Kier molecular flexibility index (Phi) is 7.45. The largest absolute Gasteiger partial charge is 0.480 e. The number of rotatable bonds is 7. The monoisotopic (exact) mass is 454 g/mol. The third-order valence-electron chi connectivity index (χ3n) is 3.98. The molecule has 31 heavy (non-hydrogen) atoms. The Morgan fingerprint density at radius 1 is 1.26 bits per heavy atom. The van der Waals surface area contributed by atoms with E-state index >= 15 is 0 Å². The lowest BCUT2D eigenvalue weighted by Gasteiger charge is -2.23. The number of hydrogen-bond acceptors (Lipinski definition) is 6. The van der Waals surface area contributed by atoms with Crippen LogP contribution in [0.4, 0.5) is 4.79 Å². The molecule has 0 radical (unpaired) electrons. The molecule has 0 aliphatic rings. The van der Waals surface area contributed by atoms with E-state index in [1.807, 2.05) is 0 Å². The molecule has 1 aromatic heterocycles. The number of ether oxygens (including phenoxy) is 1. The van der Waals surface area contributed by atoms with Crippen molar-refractivity contribution in [3.05, 3.63) is 44.1 Å². The molecule has 0 bridgehead atoms. The van der Waals surface area contributed by atoms with Crippen molar-refractivity contribution < 1.29 is 24.2 Å². The SMILES string of the molecule is CC(C)(C)OC(=O)NCCN(CC(=O)O)C(=O)Cn1c(=O)[nH]c(=O)c2cc(Cl)ccc21. The summed E-state index contributed by atoms with van der Waals surface area (Å²) in [6.07, 6.45) is -0.713. The number of nitrogens with one attached hydrogen (secondary N) is 2. The van der Waals surface area contributed by atoms with E-state index in [-0.39, 0.29) is 29.0 Å². The molecule has 12 heteroatoms. The molecule has 11 nitrogen and oxygen atoms in total. The second-order valence-corrected chi connectivity index (χ2v) is 8.08. The van der Waals surface area contributed by atoms with Crippen LogP contribution < -0.4 is 16.6 Å². The number of carboxylic acids is 1. The molecule has 1 aromatic carbocycles. The van der Waals surface area contributed by atoms with E-state index in [1.54, 1.807) is 20.8 Å². The van der Waals surface area contributed by atoms with E-state index in [0.717, 1.165) is 9.47 Å². The maximum atomic E-state index is 12.7. The number of fused-ring (bicyclic) bond motifs is 1. The maximum absolute atomic E-state index is 12.7. The van der Waals surface area contributed by atoms with Crippen LogP contribution in [-0.2, 0) is 20.9 Å². The van der Waals surface area contributed by atoms with Crippen molar-refractivity contribution in [3.63, 3.8) is 0 Å². The Morgan fingerprint density at radius 3 is 2.55 bits per heavy atom. The quantitative estimate of drug-likeness (QED) is 0.559. The third-order valence-corrected chi connectivity index (χ3v) is 4.22. The second kappa shape index (κ2) is 9.65. The smallest absolute Gasteiger partial charge is 0.407 e. The summed E-state index contributed by atoms with van der Waals surface area (Å²) in [4.78, 5) is 63.0. The van der Waals surface area contributed by atoms with Crippen LogP contribution >= 0.6 is 11.6 Å². The van der Waals surface area contributed by atoms with Crippen molar-refractivity contribution in [1.82, 2.24) is 19.8 Å². The predicted molar refractivity (Wildman–Crippen MR) is 112 cm³/mol. The van der Waals surface area contributed by atoms with Crippen LogP contribution in [0.5, 0.6) is 0 Å². The van der Waals surface area contributed by atoms with Crippen LogP contribution in [0.25, 0.3) is 10.9 Å². The molecule has 2 amide bonds. The fraction of sp³-hybridized carbons (Fsp3) is 0.421. The molecular weight excluding hydrogens is 432 g/mol. The standard InChI is InChI=1S/C19H23ClN4O7/c1-19(2,3)31-18(30)21-6-7-23(10-15(26)27)14(25)9-24-13-5-4-11(20)8-12(13)16(28)22-17(24)29/h4-5,8H,6-7,9-10H2,1-3H3,(H,21,30)(H,26,27)(H,22,28,29). The molecule has 0 aliphatic heterocycles. The summed E-state index contributed by atoms with van der Waals surface area (Å²) in [5, 5.41) is 11.9. The number of H-pyrrole nitrogens is 1. The zero-order chi connectivity index (χ0) is 23.3. The lowest BCUT2D eigenvalue weighted by molar-refractivity contribution is -0.144. The van der Waals surface area contributed by atoms with Gasteiger partial charge < -0.3 is 20.1 Å². The number of halogens is 1. The minimum Gasteiger partial charge on any atom is -0.480 e. The Hall–Kier alpha value is -3.34. The Morgan fingerprint density at radius 2 is 1.94 bits per heavy atom.